The molecule has 204 valence electrons. The molecule has 0 aliphatic carbocycles. The molecule has 37 heavy (non-hydrogen) atoms. The highest BCUT2D eigenvalue weighted by Crippen LogP contribution is 2.32. The average molecular weight is 545 g/mol. The number of aliphatic hydroxyl groups is 1. The van der Waals surface area contributed by atoms with Gasteiger partial charge in [0, 0.05) is 24.6 Å². The molecule has 2 aromatic rings. The molecule has 2 aromatic carbocycles. The predicted molar refractivity (Wildman–Crippen MR) is 132 cm³/mol. The molecule has 1 aliphatic heterocycles. The third-order valence-electron chi connectivity index (χ3n) is 6.27. The van der Waals surface area contributed by atoms with Crippen molar-refractivity contribution in [1.29, 1.82) is 0 Å². The number of rotatable bonds is 8. The normalized spacial score (nSPS) is 22.0. The van der Waals surface area contributed by atoms with Gasteiger partial charge in [-0.25, -0.2) is 8.42 Å². The molecule has 0 unspecified atom stereocenters. The Hall–Kier alpha value is -2.70. The zero-order chi connectivity index (χ0) is 27.6. The lowest BCUT2D eigenvalue weighted by atomic mass is 9.86. The molecule has 0 bridgehead atoms. The Morgan fingerprint density at radius 1 is 1.11 bits per heavy atom. The van der Waals surface area contributed by atoms with Crippen molar-refractivity contribution in [2.24, 2.45) is 5.92 Å². The number of aliphatic hydroxyl groups excluding tert-OH is 1. The summed E-state index contributed by atoms with van der Waals surface area (Å²) in [5, 5.41) is 25.3. The smallest absolute Gasteiger partial charge is 0.422 e. The van der Waals surface area contributed by atoms with Crippen molar-refractivity contribution >= 4 is 15.5 Å². The van der Waals surface area contributed by atoms with Crippen molar-refractivity contribution in [3.63, 3.8) is 0 Å². The number of nitro benzene ring substituents is 1. The number of hydrogen-bond acceptors (Lipinski definition) is 7. The Bertz CT molecular complexity index is 1230. The van der Waals surface area contributed by atoms with Crippen LogP contribution in [-0.4, -0.2) is 54.9 Å². The molecule has 0 aromatic heterocycles. The van der Waals surface area contributed by atoms with Gasteiger partial charge in [-0.3, -0.25) is 10.1 Å². The summed E-state index contributed by atoms with van der Waals surface area (Å²) in [5.41, 5.74) is 1.66. The first-order chi connectivity index (χ1) is 17.0. The second kappa shape index (κ2) is 11.0. The van der Waals surface area contributed by atoms with Crippen LogP contribution in [0.3, 0.4) is 0 Å². The lowest BCUT2D eigenvalue weighted by Crippen LogP contribution is -2.54. The fourth-order valence-corrected chi connectivity index (χ4v) is 6.33. The summed E-state index contributed by atoms with van der Waals surface area (Å²) in [6.45, 7) is 4.87. The lowest BCUT2D eigenvalue weighted by molar-refractivity contribution is -0.386. The number of benzene rings is 2. The molecule has 3 atom stereocenters. The van der Waals surface area contributed by atoms with Gasteiger partial charge in [0.2, 0.25) is 0 Å². The van der Waals surface area contributed by atoms with Gasteiger partial charge in [0.05, 0.1) is 22.5 Å². The second-order valence-corrected chi connectivity index (χ2v) is 12.6. The molecule has 0 saturated carbocycles. The number of alkyl halides is 3. The SMILES string of the molecule is CC(C)(C)c1cccc(CN[C@H]2CS(=O)(=O)C[C@@H](Cc3ccc([N+](=O)[O-])c(OCC(F)(F)F)c3)[C@@H]2O)c1. The van der Waals surface area contributed by atoms with Gasteiger partial charge in [-0.15, -0.1) is 0 Å². The van der Waals surface area contributed by atoms with Gasteiger partial charge in [0.1, 0.15) is 0 Å². The topological polar surface area (TPSA) is 119 Å². The Morgan fingerprint density at radius 2 is 1.81 bits per heavy atom. The van der Waals surface area contributed by atoms with Crippen molar-refractivity contribution in [3.8, 4) is 5.75 Å². The zero-order valence-corrected chi connectivity index (χ0v) is 21.6. The number of halogens is 3. The van der Waals surface area contributed by atoms with Crippen molar-refractivity contribution < 1.29 is 36.4 Å². The maximum Gasteiger partial charge on any atom is 0.422 e. The van der Waals surface area contributed by atoms with Crippen LogP contribution in [0.25, 0.3) is 0 Å². The third kappa shape index (κ3) is 8.14. The molecule has 1 saturated heterocycles. The van der Waals surface area contributed by atoms with Crippen LogP contribution in [-0.2, 0) is 28.2 Å². The van der Waals surface area contributed by atoms with Crippen molar-refractivity contribution in [2.45, 2.75) is 57.5 Å². The summed E-state index contributed by atoms with van der Waals surface area (Å²) in [5.74, 6) is -1.92. The Balaban J connectivity index is 1.76. The first-order valence-corrected chi connectivity index (χ1v) is 13.5. The van der Waals surface area contributed by atoms with E-state index in [1.165, 1.54) is 6.07 Å². The first-order valence-electron chi connectivity index (χ1n) is 11.7. The molecule has 12 heteroatoms. The van der Waals surface area contributed by atoms with E-state index in [1.807, 2.05) is 24.3 Å². The van der Waals surface area contributed by atoms with Crippen LogP contribution in [0.15, 0.2) is 42.5 Å². The molecule has 8 nitrogen and oxygen atoms in total. The predicted octanol–water partition coefficient (Wildman–Crippen LogP) is 3.94. The monoisotopic (exact) mass is 544 g/mol. The Morgan fingerprint density at radius 3 is 2.43 bits per heavy atom. The van der Waals surface area contributed by atoms with Crippen LogP contribution in [0.1, 0.15) is 37.5 Å². The Kier molecular flexibility index (Phi) is 8.55. The van der Waals surface area contributed by atoms with Crippen LogP contribution in [0, 0.1) is 16.0 Å². The van der Waals surface area contributed by atoms with E-state index in [4.69, 9.17) is 0 Å². The van der Waals surface area contributed by atoms with E-state index in [9.17, 15) is 36.8 Å². The number of nitrogens with zero attached hydrogens (tertiary/aromatic N) is 1. The second-order valence-electron chi connectivity index (χ2n) is 10.4. The number of nitro groups is 1. The van der Waals surface area contributed by atoms with Gasteiger partial charge in [-0.05, 0) is 34.6 Å². The van der Waals surface area contributed by atoms with Crippen LogP contribution < -0.4 is 10.1 Å². The van der Waals surface area contributed by atoms with E-state index in [1.54, 1.807) is 0 Å². The summed E-state index contributed by atoms with van der Waals surface area (Å²) in [6.07, 6.45) is -5.77. The highest BCUT2D eigenvalue weighted by atomic mass is 32.2. The van der Waals surface area contributed by atoms with Crippen molar-refractivity contribution in [3.05, 3.63) is 69.3 Å². The summed E-state index contributed by atoms with van der Waals surface area (Å²) >= 11 is 0. The molecule has 1 fully saturated rings. The number of sulfone groups is 1. The van der Waals surface area contributed by atoms with E-state index in [0.29, 0.717) is 12.1 Å². The number of hydrogen-bond donors (Lipinski definition) is 2. The molecule has 0 spiro atoms. The summed E-state index contributed by atoms with van der Waals surface area (Å²) in [6, 6.07) is 10.5. The first kappa shape index (κ1) is 28.9. The van der Waals surface area contributed by atoms with Gasteiger partial charge in [0.15, 0.2) is 22.2 Å². The summed E-state index contributed by atoms with van der Waals surface area (Å²) in [7, 11) is -3.54. The largest absolute Gasteiger partial charge is 0.477 e. The van der Waals surface area contributed by atoms with E-state index in [0.717, 1.165) is 23.3 Å². The van der Waals surface area contributed by atoms with Crippen LogP contribution in [0.5, 0.6) is 5.75 Å². The average Bonchev–Trinajstić information content (AvgIpc) is 2.77. The standard InChI is InChI=1S/C25H31F3N2O6S/c1-24(2,3)19-6-4-5-17(10-19)12-29-20-14-37(34,35)13-18(23(20)31)9-16-7-8-21(30(32)33)22(11-16)36-15-25(26,27)28/h4-8,10-11,18,20,23,29,31H,9,12-15H2,1-3H3/t18-,20+,23+/m1/s1. The quantitative estimate of drug-likeness (QED) is 0.382. The van der Waals surface area contributed by atoms with Crippen LogP contribution in [0.4, 0.5) is 18.9 Å². The van der Waals surface area contributed by atoms with E-state index in [-0.39, 0.29) is 23.3 Å². The lowest BCUT2D eigenvalue weighted by Gasteiger charge is -2.35. The molecular weight excluding hydrogens is 513 g/mol. The Labute approximate surface area is 213 Å². The molecule has 0 amide bonds. The van der Waals surface area contributed by atoms with Gasteiger partial charge in [-0.1, -0.05) is 51.1 Å². The molecule has 3 rings (SSSR count). The molecule has 0 radical (unpaired) electrons. The number of nitrogens with one attached hydrogen (secondary N) is 1. The summed E-state index contributed by atoms with van der Waals surface area (Å²) in [4.78, 5) is 10.4. The summed E-state index contributed by atoms with van der Waals surface area (Å²) < 4.78 is 67.7. The molecule has 1 heterocycles. The third-order valence-corrected chi connectivity index (χ3v) is 8.07. The minimum Gasteiger partial charge on any atom is -0.477 e. The molecular formula is C25H31F3N2O6S. The number of ether oxygens (including phenoxy) is 1. The minimum atomic E-state index is -4.69. The molecule has 1 aliphatic rings. The van der Waals surface area contributed by atoms with E-state index < -0.39 is 57.0 Å². The zero-order valence-electron chi connectivity index (χ0n) is 20.8. The van der Waals surface area contributed by atoms with Gasteiger partial charge in [0.25, 0.3) is 0 Å². The highest BCUT2D eigenvalue weighted by Gasteiger charge is 2.39. The van der Waals surface area contributed by atoms with E-state index >= 15 is 0 Å². The minimum absolute atomic E-state index is 0.0154. The fraction of sp³-hybridized carbons (Fsp3) is 0.520. The van der Waals surface area contributed by atoms with Gasteiger partial charge < -0.3 is 15.2 Å². The fourth-order valence-electron chi connectivity index (χ4n) is 4.36. The maximum atomic E-state index is 12.6. The van der Waals surface area contributed by atoms with Crippen molar-refractivity contribution in [1.82, 2.24) is 5.32 Å². The van der Waals surface area contributed by atoms with Crippen molar-refractivity contribution in [2.75, 3.05) is 18.1 Å². The van der Waals surface area contributed by atoms with Gasteiger partial charge >= 0.3 is 11.9 Å². The molecule has 2 N–H and O–H groups in total. The highest BCUT2D eigenvalue weighted by molar-refractivity contribution is 7.91. The van der Waals surface area contributed by atoms with E-state index in [2.05, 4.69) is 30.8 Å². The van der Waals surface area contributed by atoms with Crippen LogP contribution >= 0.6 is 0 Å². The van der Waals surface area contributed by atoms with Gasteiger partial charge in [-0.2, -0.15) is 13.2 Å². The maximum absolute atomic E-state index is 12.6. The van der Waals surface area contributed by atoms with Crippen LogP contribution in [0.2, 0.25) is 0 Å².